The number of methoxy groups -OCH3 is 1. The van der Waals surface area contributed by atoms with Crippen molar-refractivity contribution < 1.29 is 24.1 Å². The highest BCUT2D eigenvalue weighted by Crippen LogP contribution is 2.45. The molecule has 218 valence electrons. The number of aliphatic hydroxyl groups is 1. The molecule has 0 aromatic carbocycles. The highest BCUT2D eigenvalue weighted by Gasteiger charge is 2.48. The largest absolute Gasteiger partial charge is 0.486 e. The Morgan fingerprint density at radius 2 is 2.08 bits per heavy atom. The lowest BCUT2D eigenvalue weighted by Gasteiger charge is -2.41. The van der Waals surface area contributed by atoms with Crippen LogP contribution in [0.25, 0.3) is 0 Å². The van der Waals surface area contributed by atoms with Crippen LogP contribution in [0.15, 0.2) is 28.4 Å². The van der Waals surface area contributed by atoms with Crippen LogP contribution in [-0.4, -0.2) is 98.0 Å². The summed E-state index contributed by atoms with van der Waals surface area (Å²) in [6.45, 7) is 7.69. The van der Waals surface area contributed by atoms with Crippen molar-refractivity contribution in [3.8, 4) is 5.75 Å². The van der Waals surface area contributed by atoms with E-state index in [0.29, 0.717) is 49.1 Å². The van der Waals surface area contributed by atoms with E-state index in [1.165, 1.54) is 11.8 Å². The topological polar surface area (TPSA) is 128 Å². The zero-order valence-electron chi connectivity index (χ0n) is 23.3. The Labute approximate surface area is 239 Å². The maximum atomic E-state index is 10.2. The molecule has 2 aromatic rings. The molecule has 4 aliphatic heterocycles. The molecular formula is C28H40N6O5S. The summed E-state index contributed by atoms with van der Waals surface area (Å²) < 4.78 is 23.0. The molecule has 2 aromatic heterocycles. The van der Waals surface area contributed by atoms with Crippen LogP contribution in [0.3, 0.4) is 0 Å². The summed E-state index contributed by atoms with van der Waals surface area (Å²) in [5, 5.41) is 10.9. The van der Waals surface area contributed by atoms with Gasteiger partial charge < -0.3 is 39.6 Å². The Balaban J connectivity index is 1.13. The normalized spacial score (nSPS) is 27.1. The van der Waals surface area contributed by atoms with E-state index in [2.05, 4.69) is 21.7 Å². The molecule has 0 aliphatic carbocycles. The molecule has 3 fully saturated rings. The van der Waals surface area contributed by atoms with E-state index in [9.17, 15) is 5.11 Å². The Morgan fingerprint density at radius 1 is 1.23 bits per heavy atom. The fourth-order valence-corrected chi connectivity index (χ4v) is 7.39. The third-order valence-electron chi connectivity index (χ3n) is 8.90. The van der Waals surface area contributed by atoms with E-state index < -0.39 is 0 Å². The summed E-state index contributed by atoms with van der Waals surface area (Å²) in [5.41, 5.74) is 7.11. The van der Waals surface area contributed by atoms with Gasteiger partial charge in [0.2, 0.25) is 0 Å². The molecule has 6 rings (SSSR count). The molecule has 0 amide bonds. The van der Waals surface area contributed by atoms with Crippen molar-refractivity contribution in [3.05, 3.63) is 24.2 Å². The monoisotopic (exact) mass is 572 g/mol. The molecule has 4 atom stereocenters. The van der Waals surface area contributed by atoms with Crippen LogP contribution >= 0.6 is 11.8 Å². The fourth-order valence-electron chi connectivity index (χ4n) is 6.54. The molecule has 11 nitrogen and oxygen atoms in total. The van der Waals surface area contributed by atoms with E-state index in [4.69, 9.17) is 34.6 Å². The minimum atomic E-state index is -0.174. The second kappa shape index (κ2) is 11.9. The third kappa shape index (κ3) is 5.37. The van der Waals surface area contributed by atoms with Crippen LogP contribution < -0.4 is 20.3 Å². The number of aromatic nitrogens is 3. The molecule has 1 unspecified atom stereocenters. The van der Waals surface area contributed by atoms with Crippen LogP contribution in [0.1, 0.15) is 31.9 Å². The van der Waals surface area contributed by atoms with Crippen LogP contribution in [0, 0.1) is 11.3 Å². The standard InChI is InChI=1S/C28H40N6O5S/c1-18-25(29)28(17-39-18)4-7-33(8-5-28)26-21(14-35)32-23(12-31-26)40-22-3-6-30-27-24(22)38-16-20-11-19(13-34(20)27)15-37-10-9-36-2/h3,6,12,18-20,25,35H,4-5,7-11,13-17,29H2,1-2H3/t18-,19-,20-,25?/m0/s1. The number of ether oxygens (including phenoxy) is 4. The average Bonchev–Trinajstić information content (AvgIpc) is 3.53. The Hall–Kier alpha value is -2.22. The lowest BCUT2D eigenvalue weighted by molar-refractivity contribution is 0.0541. The van der Waals surface area contributed by atoms with Gasteiger partial charge in [-0.1, -0.05) is 11.8 Å². The van der Waals surface area contributed by atoms with Gasteiger partial charge in [0.05, 0.1) is 56.3 Å². The highest BCUT2D eigenvalue weighted by atomic mass is 32.2. The quantitative estimate of drug-likeness (QED) is 0.427. The molecule has 12 heteroatoms. The predicted molar refractivity (Wildman–Crippen MR) is 151 cm³/mol. The summed E-state index contributed by atoms with van der Waals surface area (Å²) in [6.07, 6.45) is 6.62. The van der Waals surface area contributed by atoms with E-state index in [1.807, 2.05) is 12.3 Å². The smallest absolute Gasteiger partial charge is 0.175 e. The summed E-state index contributed by atoms with van der Waals surface area (Å²) in [4.78, 5) is 19.8. The maximum Gasteiger partial charge on any atom is 0.175 e. The maximum absolute atomic E-state index is 10.2. The van der Waals surface area contributed by atoms with E-state index in [1.54, 1.807) is 13.3 Å². The van der Waals surface area contributed by atoms with E-state index in [-0.39, 0.29) is 24.2 Å². The van der Waals surface area contributed by atoms with E-state index in [0.717, 1.165) is 67.8 Å². The van der Waals surface area contributed by atoms with Gasteiger partial charge in [0, 0.05) is 50.3 Å². The Bertz CT molecular complexity index is 1180. The first kappa shape index (κ1) is 27.9. The van der Waals surface area contributed by atoms with Gasteiger partial charge in [0.1, 0.15) is 17.3 Å². The number of nitrogens with zero attached hydrogens (tertiary/aromatic N) is 5. The number of piperidine rings is 1. The predicted octanol–water partition coefficient (Wildman–Crippen LogP) is 2.10. The number of aliphatic hydroxyl groups excluding tert-OH is 1. The van der Waals surface area contributed by atoms with Crippen LogP contribution in [0.5, 0.6) is 5.75 Å². The fraction of sp³-hybridized carbons (Fsp3) is 0.679. The lowest BCUT2D eigenvalue weighted by Crippen LogP contribution is -2.51. The minimum absolute atomic E-state index is 0.0321. The van der Waals surface area contributed by atoms with Gasteiger partial charge in [-0.3, -0.25) is 0 Å². The molecule has 6 heterocycles. The summed E-state index contributed by atoms with van der Waals surface area (Å²) in [6, 6.07) is 2.31. The van der Waals surface area contributed by atoms with Crippen molar-refractivity contribution in [1.82, 2.24) is 15.0 Å². The van der Waals surface area contributed by atoms with Crippen LogP contribution in [-0.2, 0) is 20.8 Å². The third-order valence-corrected chi connectivity index (χ3v) is 9.85. The van der Waals surface area contributed by atoms with Gasteiger partial charge in [-0.15, -0.1) is 0 Å². The summed E-state index contributed by atoms with van der Waals surface area (Å²) in [5.74, 6) is 2.84. The number of pyridine rings is 1. The van der Waals surface area contributed by atoms with Gasteiger partial charge in [0.25, 0.3) is 0 Å². The molecule has 3 N–H and O–H groups in total. The second-order valence-electron chi connectivity index (χ2n) is 11.4. The number of anilines is 2. The number of fused-ring (bicyclic) bond motifs is 3. The average molecular weight is 573 g/mol. The first-order chi connectivity index (χ1) is 19.5. The highest BCUT2D eigenvalue weighted by molar-refractivity contribution is 7.99. The molecule has 4 aliphatic rings. The van der Waals surface area contributed by atoms with E-state index >= 15 is 0 Å². The number of hydrogen-bond acceptors (Lipinski definition) is 12. The van der Waals surface area contributed by atoms with Gasteiger partial charge in [0.15, 0.2) is 17.4 Å². The van der Waals surface area contributed by atoms with Crippen molar-refractivity contribution in [3.63, 3.8) is 0 Å². The zero-order valence-corrected chi connectivity index (χ0v) is 24.1. The minimum Gasteiger partial charge on any atom is -0.486 e. The number of rotatable bonds is 9. The first-order valence-corrected chi connectivity index (χ1v) is 15.0. The SMILES string of the molecule is COCCOC[C@H]1C[C@H]2COc3c(Sc4cnc(N5CCC6(CC5)CO[C@@H](C)C6N)c(CO)n4)ccnc3N2C1. The zero-order chi connectivity index (χ0) is 27.7. The molecule has 0 radical (unpaired) electrons. The molecule has 0 saturated carbocycles. The van der Waals surface area contributed by atoms with Crippen molar-refractivity contribution in [2.24, 2.45) is 17.1 Å². The number of nitrogens with two attached hydrogens (primary N) is 1. The van der Waals surface area contributed by atoms with Crippen LogP contribution in [0.4, 0.5) is 11.6 Å². The van der Waals surface area contributed by atoms with Gasteiger partial charge in [-0.05, 0) is 32.3 Å². The van der Waals surface area contributed by atoms with Crippen molar-refractivity contribution in [1.29, 1.82) is 0 Å². The molecule has 3 saturated heterocycles. The molecule has 1 spiro atoms. The molecular weight excluding hydrogens is 532 g/mol. The Morgan fingerprint density at radius 3 is 2.83 bits per heavy atom. The number of hydrogen-bond donors (Lipinski definition) is 2. The molecule has 0 bridgehead atoms. The van der Waals surface area contributed by atoms with Gasteiger partial charge in [-0.25, -0.2) is 15.0 Å². The molecule has 40 heavy (non-hydrogen) atoms. The van der Waals surface area contributed by atoms with Crippen LogP contribution in [0.2, 0.25) is 0 Å². The Kier molecular flexibility index (Phi) is 8.34. The second-order valence-corrected chi connectivity index (χ2v) is 12.4. The van der Waals surface area contributed by atoms with Crippen molar-refractivity contribution >= 4 is 23.4 Å². The van der Waals surface area contributed by atoms with Gasteiger partial charge in [-0.2, -0.15) is 0 Å². The summed E-state index contributed by atoms with van der Waals surface area (Å²) >= 11 is 1.49. The first-order valence-electron chi connectivity index (χ1n) is 14.2. The lowest BCUT2D eigenvalue weighted by atomic mass is 9.73. The van der Waals surface area contributed by atoms with Crippen molar-refractivity contribution in [2.45, 2.75) is 60.9 Å². The summed E-state index contributed by atoms with van der Waals surface area (Å²) in [7, 11) is 1.69. The van der Waals surface area contributed by atoms with Gasteiger partial charge >= 0.3 is 0 Å². The van der Waals surface area contributed by atoms with Crippen molar-refractivity contribution in [2.75, 3.05) is 69.6 Å².